The van der Waals surface area contributed by atoms with Crippen LogP contribution in [0.2, 0.25) is 0 Å². The van der Waals surface area contributed by atoms with E-state index < -0.39 is 15.6 Å². The molecular formula is FeGaLiO8P2. The van der Waals surface area contributed by atoms with Gasteiger partial charge in [-0.15, -0.1) is 0 Å². The molecule has 0 aromatic rings. The first-order valence-electron chi connectivity index (χ1n) is 1.46. The van der Waals surface area contributed by atoms with Gasteiger partial charge in [0.2, 0.25) is 0 Å². The van der Waals surface area contributed by atoms with Crippen LogP contribution in [0.3, 0.4) is 0 Å². The molecule has 0 aromatic carbocycles. The summed E-state index contributed by atoms with van der Waals surface area (Å²) in [4.78, 5) is 51.3. The molecule has 0 aliphatic rings. The Balaban J connectivity index is -0.0000000267. The van der Waals surface area contributed by atoms with Crippen LogP contribution in [0.25, 0.3) is 0 Å². The van der Waals surface area contributed by atoms with Gasteiger partial charge in [0.1, 0.15) is 0 Å². The molecule has 0 N–H and O–H groups in total. The van der Waals surface area contributed by atoms with Crippen LogP contribution in [0.4, 0.5) is 0 Å². The predicted molar refractivity (Wildman–Crippen MR) is 21.0 cm³/mol. The van der Waals surface area contributed by atoms with Crippen LogP contribution < -0.4 is 48.2 Å². The van der Waals surface area contributed by atoms with E-state index in [1.54, 1.807) is 0 Å². The Hall–Kier alpha value is 1.97. The first-order valence-corrected chi connectivity index (χ1v) is 4.38. The first kappa shape index (κ1) is 29.4. The van der Waals surface area contributed by atoms with Gasteiger partial charge in [-0.05, 0) is 0 Å². The normalized spacial score (nSPS) is 9.08. The smallest absolute Gasteiger partial charge is 0.822 e. The van der Waals surface area contributed by atoms with Crippen LogP contribution in [0.1, 0.15) is 0 Å². The Bertz CT molecular complexity index is 134. The van der Waals surface area contributed by atoms with Crippen LogP contribution >= 0.6 is 15.6 Å². The SMILES string of the molecule is O=P([O-])([O-])[O-].O=P([O-])([O-])[O-].[Fe+2].[Ga+3].[Li+]. The van der Waals surface area contributed by atoms with E-state index in [0.29, 0.717) is 0 Å². The molecule has 0 saturated carbocycles. The molecule has 13 heavy (non-hydrogen) atoms. The summed E-state index contributed by atoms with van der Waals surface area (Å²) < 4.78 is 17.1. The molecule has 0 rings (SSSR count). The van der Waals surface area contributed by atoms with Crippen molar-refractivity contribution in [2.75, 3.05) is 0 Å². The van der Waals surface area contributed by atoms with Crippen molar-refractivity contribution in [3.05, 3.63) is 0 Å². The van der Waals surface area contributed by atoms with E-state index in [2.05, 4.69) is 0 Å². The molecule has 0 saturated heterocycles. The second-order valence-electron chi connectivity index (χ2n) is 0.894. The maximum absolute atomic E-state index is 8.55. The minimum absolute atomic E-state index is 0. The van der Waals surface area contributed by atoms with Gasteiger partial charge >= 0.3 is 55.7 Å². The molecule has 0 atom stereocenters. The number of phosphoric acid groups is 2. The number of hydrogen-bond acceptors (Lipinski definition) is 8. The Morgan fingerprint density at radius 1 is 0.692 bits per heavy atom. The van der Waals surface area contributed by atoms with Gasteiger partial charge in [0.25, 0.3) is 0 Å². The van der Waals surface area contributed by atoms with E-state index in [4.69, 9.17) is 38.5 Å². The van der Waals surface area contributed by atoms with Gasteiger partial charge in [-0.3, -0.25) is 0 Å². The van der Waals surface area contributed by atoms with Crippen molar-refractivity contribution in [1.29, 1.82) is 0 Å². The standard InChI is InChI=1S/Fe.Ga.Li.2H3O4P/c;;;2*1-5(2,3)4/h;;;2*(H3,1,2,3,4)/q+2;+3;+1;;/p-6. The molecule has 13 heteroatoms. The van der Waals surface area contributed by atoms with E-state index in [0.717, 1.165) is 0 Å². The van der Waals surface area contributed by atoms with Crippen LogP contribution in [0.15, 0.2) is 0 Å². The molecule has 0 heterocycles. The fourth-order valence-corrected chi connectivity index (χ4v) is 0. The molecule has 70 valence electrons. The fourth-order valence-electron chi connectivity index (χ4n) is 0. The van der Waals surface area contributed by atoms with Crippen molar-refractivity contribution in [2.45, 2.75) is 0 Å². The molecule has 0 aromatic heterocycles. The van der Waals surface area contributed by atoms with Gasteiger partial charge in [0.15, 0.2) is 0 Å². The van der Waals surface area contributed by atoms with E-state index in [-0.39, 0.29) is 55.7 Å². The van der Waals surface area contributed by atoms with Crippen LogP contribution in [-0.2, 0) is 26.2 Å². The third kappa shape index (κ3) is 514. The minimum Gasteiger partial charge on any atom is -0.822 e. The third-order valence-corrected chi connectivity index (χ3v) is 0. The molecule has 0 bridgehead atoms. The van der Waals surface area contributed by atoms with E-state index in [1.807, 2.05) is 0 Å². The van der Waals surface area contributed by atoms with Crippen LogP contribution in [0, 0.1) is 0 Å². The van der Waals surface area contributed by atoms with Crippen molar-refractivity contribution in [3.63, 3.8) is 0 Å². The summed E-state index contributed by atoms with van der Waals surface area (Å²) in [6.45, 7) is 0. The summed E-state index contributed by atoms with van der Waals surface area (Å²) in [6, 6.07) is 0. The van der Waals surface area contributed by atoms with Gasteiger partial charge < -0.3 is 38.5 Å². The molecule has 0 aliphatic carbocycles. The van der Waals surface area contributed by atoms with Crippen molar-refractivity contribution in [2.24, 2.45) is 0 Å². The van der Waals surface area contributed by atoms with Gasteiger partial charge in [-0.1, -0.05) is 0 Å². The second kappa shape index (κ2) is 12.0. The minimum atomic E-state index is -5.39. The summed E-state index contributed by atoms with van der Waals surface area (Å²) in [5, 5.41) is 0. The van der Waals surface area contributed by atoms with Gasteiger partial charge in [0.05, 0.1) is 0 Å². The average Bonchev–Trinajstić information content (AvgIpc) is 1.12. The molecular weight excluding hydrogens is 322 g/mol. The third-order valence-electron chi connectivity index (χ3n) is 0. The largest absolute Gasteiger partial charge is 3.00 e. The zero-order valence-electron chi connectivity index (χ0n) is 6.09. The maximum Gasteiger partial charge on any atom is 3.00 e. The summed E-state index contributed by atoms with van der Waals surface area (Å²) in [7, 11) is -10.8. The van der Waals surface area contributed by atoms with Gasteiger partial charge in [-0.2, -0.15) is 15.6 Å². The monoisotopic (exact) mass is 322 g/mol. The maximum atomic E-state index is 8.55. The molecule has 0 spiro atoms. The zero-order valence-corrected chi connectivity index (χ0v) is 11.4. The van der Waals surface area contributed by atoms with Crippen molar-refractivity contribution >= 4 is 35.4 Å². The second-order valence-corrected chi connectivity index (χ2v) is 2.68. The summed E-state index contributed by atoms with van der Waals surface area (Å²) in [5.74, 6) is 0. The fraction of sp³-hybridized carbons (Fsp3) is 0. The Morgan fingerprint density at radius 3 is 0.692 bits per heavy atom. The van der Waals surface area contributed by atoms with Crippen LogP contribution in [-0.4, -0.2) is 19.8 Å². The average molecular weight is 322 g/mol. The molecule has 0 amide bonds. The quantitative estimate of drug-likeness (QED) is 0.312. The number of rotatable bonds is 0. The molecule has 0 unspecified atom stereocenters. The summed E-state index contributed by atoms with van der Waals surface area (Å²) in [5.41, 5.74) is 0. The first-order chi connectivity index (χ1) is 4.00. The summed E-state index contributed by atoms with van der Waals surface area (Å²) in [6.07, 6.45) is 0. The molecule has 0 aliphatic heterocycles. The van der Waals surface area contributed by atoms with E-state index in [9.17, 15) is 0 Å². The van der Waals surface area contributed by atoms with Gasteiger partial charge in [-0.25, -0.2) is 0 Å². The van der Waals surface area contributed by atoms with Crippen molar-refractivity contribution in [1.82, 2.24) is 0 Å². The van der Waals surface area contributed by atoms with Crippen molar-refractivity contribution < 1.29 is 74.4 Å². The number of hydrogen-bond donors (Lipinski definition) is 0. The van der Waals surface area contributed by atoms with E-state index >= 15 is 0 Å². The molecule has 8 nitrogen and oxygen atoms in total. The predicted octanol–water partition coefficient (Wildman–Crippen LogP) is -9.03. The summed E-state index contributed by atoms with van der Waals surface area (Å²) >= 11 is 0. The Labute approximate surface area is 109 Å². The van der Waals surface area contributed by atoms with Crippen LogP contribution in [0.5, 0.6) is 0 Å². The molecule has 0 fully saturated rings. The van der Waals surface area contributed by atoms with E-state index in [1.165, 1.54) is 0 Å². The molecule has 0 radical (unpaired) electrons. The Kier molecular flexibility index (Phi) is 27.2. The topological polar surface area (TPSA) is 172 Å². The van der Waals surface area contributed by atoms with Crippen molar-refractivity contribution in [3.8, 4) is 0 Å². The zero-order chi connectivity index (χ0) is 9.00. The Morgan fingerprint density at radius 2 is 0.692 bits per heavy atom. The van der Waals surface area contributed by atoms with Gasteiger partial charge in [0, 0.05) is 0 Å².